The maximum Gasteiger partial charge on any atom is 0.416 e. The van der Waals surface area contributed by atoms with Crippen molar-refractivity contribution in [2.45, 2.75) is 38.0 Å². The average molecular weight is 346 g/mol. The normalized spacial score (nSPS) is 12.4. The molecule has 0 saturated carbocycles. The fourth-order valence-corrected chi connectivity index (χ4v) is 2.38. The minimum Gasteiger partial charge on any atom is -0.166 e. The molecular weight excluding hydrogens is 330 g/mol. The maximum atomic E-state index is 12.4. The van der Waals surface area contributed by atoms with Crippen molar-refractivity contribution in [3.8, 4) is 0 Å². The first-order chi connectivity index (χ1) is 11.2. The standard InChI is InChI=1S/C18H16F6/c19-17(20,21)15-9-5-13(6-10-15)3-1-2-4-14-7-11-16(12-8-14)18(22,23)24/h5-12H,1-4H2. The van der Waals surface area contributed by atoms with Gasteiger partial charge in [-0.25, -0.2) is 0 Å². The lowest BCUT2D eigenvalue weighted by atomic mass is 10.0. The van der Waals surface area contributed by atoms with Crippen molar-refractivity contribution in [2.75, 3.05) is 0 Å². The number of aryl methyl sites for hydroxylation is 2. The lowest BCUT2D eigenvalue weighted by Crippen LogP contribution is -2.04. The van der Waals surface area contributed by atoms with Gasteiger partial charge in [-0.2, -0.15) is 26.3 Å². The largest absolute Gasteiger partial charge is 0.416 e. The molecular formula is C18H16F6. The Kier molecular flexibility index (Phi) is 5.57. The molecule has 0 spiro atoms. The van der Waals surface area contributed by atoms with Crippen LogP contribution < -0.4 is 0 Å². The van der Waals surface area contributed by atoms with E-state index >= 15 is 0 Å². The van der Waals surface area contributed by atoms with E-state index in [0.717, 1.165) is 48.2 Å². The van der Waals surface area contributed by atoms with Crippen LogP contribution in [0.1, 0.15) is 35.1 Å². The summed E-state index contributed by atoms with van der Waals surface area (Å²) in [6.07, 6.45) is -5.88. The van der Waals surface area contributed by atoms with Gasteiger partial charge >= 0.3 is 12.4 Å². The zero-order valence-corrected chi connectivity index (χ0v) is 12.7. The molecule has 0 nitrogen and oxygen atoms in total. The summed E-state index contributed by atoms with van der Waals surface area (Å²) in [6.45, 7) is 0. The van der Waals surface area contributed by atoms with Crippen molar-refractivity contribution in [1.82, 2.24) is 0 Å². The molecule has 0 atom stereocenters. The third kappa shape index (κ3) is 5.28. The summed E-state index contributed by atoms with van der Waals surface area (Å²) in [6, 6.07) is 10.1. The second-order valence-corrected chi connectivity index (χ2v) is 5.60. The van der Waals surface area contributed by atoms with E-state index in [1.54, 1.807) is 0 Å². The molecule has 0 aromatic heterocycles. The highest BCUT2D eigenvalue weighted by Crippen LogP contribution is 2.30. The van der Waals surface area contributed by atoms with Crippen molar-refractivity contribution in [3.63, 3.8) is 0 Å². The molecule has 0 bridgehead atoms. The van der Waals surface area contributed by atoms with E-state index in [4.69, 9.17) is 0 Å². The van der Waals surface area contributed by atoms with Gasteiger partial charge in [0, 0.05) is 0 Å². The van der Waals surface area contributed by atoms with E-state index in [0.29, 0.717) is 12.8 Å². The Labute approximate surface area is 136 Å². The second-order valence-electron chi connectivity index (χ2n) is 5.60. The van der Waals surface area contributed by atoms with Crippen LogP contribution >= 0.6 is 0 Å². The molecule has 0 radical (unpaired) electrons. The minimum absolute atomic E-state index is 0.638. The van der Waals surface area contributed by atoms with Crippen molar-refractivity contribution in [3.05, 3.63) is 70.8 Å². The number of hydrogen-bond acceptors (Lipinski definition) is 0. The van der Waals surface area contributed by atoms with Crippen LogP contribution in [0.4, 0.5) is 26.3 Å². The molecule has 0 N–H and O–H groups in total. The van der Waals surface area contributed by atoms with Gasteiger partial charge in [0.05, 0.1) is 11.1 Å². The summed E-state index contributed by atoms with van der Waals surface area (Å²) in [5, 5.41) is 0. The van der Waals surface area contributed by atoms with Crippen molar-refractivity contribution < 1.29 is 26.3 Å². The molecule has 0 aliphatic rings. The van der Waals surface area contributed by atoms with Crippen LogP contribution in [-0.2, 0) is 25.2 Å². The van der Waals surface area contributed by atoms with Gasteiger partial charge in [-0.1, -0.05) is 24.3 Å². The molecule has 2 aromatic rings. The van der Waals surface area contributed by atoms with E-state index in [1.807, 2.05) is 0 Å². The number of benzene rings is 2. The Bertz CT molecular complexity index is 576. The van der Waals surface area contributed by atoms with E-state index in [2.05, 4.69) is 0 Å². The van der Waals surface area contributed by atoms with Crippen LogP contribution in [0.15, 0.2) is 48.5 Å². The van der Waals surface area contributed by atoms with Crippen LogP contribution in [-0.4, -0.2) is 0 Å². The predicted molar refractivity (Wildman–Crippen MR) is 79.5 cm³/mol. The third-order valence-corrected chi connectivity index (χ3v) is 3.74. The molecule has 130 valence electrons. The first-order valence-corrected chi connectivity index (χ1v) is 7.48. The molecule has 0 heterocycles. The molecule has 0 fully saturated rings. The maximum absolute atomic E-state index is 12.4. The monoisotopic (exact) mass is 346 g/mol. The summed E-state index contributed by atoms with van der Waals surface area (Å²) in [4.78, 5) is 0. The molecule has 2 aromatic carbocycles. The van der Waals surface area contributed by atoms with Crippen LogP contribution in [0, 0.1) is 0 Å². The van der Waals surface area contributed by atoms with Crippen molar-refractivity contribution in [1.29, 1.82) is 0 Å². The summed E-state index contributed by atoms with van der Waals surface area (Å²) < 4.78 is 74.7. The summed E-state index contributed by atoms with van der Waals surface area (Å²) in [5.74, 6) is 0. The molecule has 0 aliphatic heterocycles. The Hall–Kier alpha value is -1.98. The van der Waals surface area contributed by atoms with E-state index in [9.17, 15) is 26.3 Å². The number of alkyl halides is 6. The van der Waals surface area contributed by atoms with Gasteiger partial charge in [-0.15, -0.1) is 0 Å². The number of hydrogen-bond donors (Lipinski definition) is 0. The Balaban J connectivity index is 1.79. The highest BCUT2D eigenvalue weighted by atomic mass is 19.4. The molecule has 0 amide bonds. The Morgan fingerprint density at radius 2 is 0.792 bits per heavy atom. The van der Waals surface area contributed by atoms with E-state index < -0.39 is 23.5 Å². The predicted octanol–water partition coefficient (Wildman–Crippen LogP) is 6.29. The van der Waals surface area contributed by atoms with Gasteiger partial charge in [-0.3, -0.25) is 0 Å². The fraction of sp³-hybridized carbons (Fsp3) is 0.333. The van der Waals surface area contributed by atoms with Gasteiger partial charge in [0.15, 0.2) is 0 Å². The average Bonchev–Trinajstić information content (AvgIpc) is 2.51. The van der Waals surface area contributed by atoms with Crippen LogP contribution in [0.3, 0.4) is 0 Å². The quantitative estimate of drug-likeness (QED) is 0.441. The molecule has 0 aliphatic carbocycles. The van der Waals surface area contributed by atoms with Crippen LogP contribution in [0.5, 0.6) is 0 Å². The first-order valence-electron chi connectivity index (χ1n) is 7.48. The summed E-state index contributed by atoms with van der Waals surface area (Å²) in [5.41, 5.74) is 0.290. The zero-order valence-electron chi connectivity index (χ0n) is 12.7. The van der Waals surface area contributed by atoms with Crippen molar-refractivity contribution >= 4 is 0 Å². The fourth-order valence-electron chi connectivity index (χ4n) is 2.38. The van der Waals surface area contributed by atoms with Gasteiger partial charge < -0.3 is 0 Å². The highest BCUT2D eigenvalue weighted by Gasteiger charge is 2.30. The lowest BCUT2D eigenvalue weighted by Gasteiger charge is -2.08. The molecule has 24 heavy (non-hydrogen) atoms. The van der Waals surface area contributed by atoms with Gasteiger partial charge in [0.25, 0.3) is 0 Å². The first kappa shape index (κ1) is 18.4. The number of unbranched alkanes of at least 4 members (excludes halogenated alkanes) is 1. The van der Waals surface area contributed by atoms with Crippen LogP contribution in [0.25, 0.3) is 0 Å². The number of rotatable bonds is 5. The van der Waals surface area contributed by atoms with Gasteiger partial charge in [0.1, 0.15) is 0 Å². The van der Waals surface area contributed by atoms with Gasteiger partial charge in [-0.05, 0) is 61.1 Å². The van der Waals surface area contributed by atoms with Crippen LogP contribution in [0.2, 0.25) is 0 Å². The molecule has 0 saturated heterocycles. The Morgan fingerprint density at radius 1 is 0.500 bits per heavy atom. The topological polar surface area (TPSA) is 0 Å². The second kappa shape index (κ2) is 7.28. The molecule has 2 rings (SSSR count). The summed E-state index contributed by atoms with van der Waals surface area (Å²) in [7, 11) is 0. The number of halogens is 6. The third-order valence-electron chi connectivity index (χ3n) is 3.74. The highest BCUT2D eigenvalue weighted by molar-refractivity contribution is 5.25. The smallest absolute Gasteiger partial charge is 0.166 e. The molecule has 6 heteroatoms. The van der Waals surface area contributed by atoms with Gasteiger partial charge in [0.2, 0.25) is 0 Å². The SMILES string of the molecule is FC(F)(F)c1ccc(CCCCc2ccc(C(F)(F)F)cc2)cc1. The Morgan fingerprint density at radius 3 is 1.04 bits per heavy atom. The lowest BCUT2D eigenvalue weighted by molar-refractivity contribution is -0.138. The zero-order chi connectivity index (χ0) is 17.8. The van der Waals surface area contributed by atoms with Crippen molar-refractivity contribution in [2.24, 2.45) is 0 Å². The minimum atomic E-state index is -4.33. The van der Waals surface area contributed by atoms with E-state index in [-0.39, 0.29) is 0 Å². The summed E-state index contributed by atoms with van der Waals surface area (Å²) >= 11 is 0. The molecule has 0 unspecified atom stereocenters. The van der Waals surface area contributed by atoms with E-state index in [1.165, 1.54) is 24.3 Å².